The van der Waals surface area contributed by atoms with Crippen molar-refractivity contribution in [3.8, 4) is 0 Å². The Morgan fingerprint density at radius 3 is 2.65 bits per heavy atom. The molecule has 0 atom stereocenters. The fourth-order valence-electron chi connectivity index (χ4n) is 1.52. The van der Waals surface area contributed by atoms with Crippen molar-refractivity contribution in [1.29, 1.82) is 0 Å². The van der Waals surface area contributed by atoms with Crippen LogP contribution in [0.25, 0.3) is 0 Å². The molecule has 0 fully saturated rings. The van der Waals surface area contributed by atoms with Gasteiger partial charge in [-0.1, -0.05) is 0 Å². The molecule has 1 aromatic heterocycles. The normalized spacial score (nSPS) is 10.2. The minimum atomic E-state index is -0.200. The molecule has 0 radical (unpaired) electrons. The third-order valence-electron chi connectivity index (χ3n) is 2.41. The molecule has 17 heavy (non-hydrogen) atoms. The summed E-state index contributed by atoms with van der Waals surface area (Å²) in [6, 6.07) is 8.75. The predicted octanol–water partition coefficient (Wildman–Crippen LogP) is 3.48. The second-order valence-electron chi connectivity index (χ2n) is 3.66. The molecule has 0 saturated carbocycles. The molecule has 0 aliphatic heterocycles. The zero-order valence-corrected chi connectivity index (χ0v) is 11.3. The van der Waals surface area contributed by atoms with Crippen molar-refractivity contribution in [1.82, 2.24) is 4.98 Å². The lowest BCUT2D eigenvalue weighted by molar-refractivity contribution is 0.627. The number of nitrogens with zero attached hydrogens (tertiary/aromatic N) is 1. The van der Waals surface area contributed by atoms with Crippen LogP contribution in [-0.4, -0.2) is 11.5 Å². The average molecular weight is 342 g/mol. The van der Waals surface area contributed by atoms with Gasteiger partial charge in [0.15, 0.2) is 0 Å². The summed E-state index contributed by atoms with van der Waals surface area (Å²) in [5.74, 6) is -0.200. The monoisotopic (exact) mass is 342 g/mol. The van der Waals surface area contributed by atoms with E-state index in [-0.39, 0.29) is 5.82 Å². The van der Waals surface area contributed by atoms with Gasteiger partial charge < -0.3 is 5.32 Å². The maximum Gasteiger partial charge on any atom is 0.124 e. The fraction of sp³-hybridized carbons (Fsp3) is 0.154. The summed E-state index contributed by atoms with van der Waals surface area (Å²) in [6.07, 6.45) is 4.50. The maximum absolute atomic E-state index is 12.9. The lowest BCUT2D eigenvalue weighted by Crippen LogP contribution is -2.06. The summed E-state index contributed by atoms with van der Waals surface area (Å²) in [5.41, 5.74) is 2.21. The van der Waals surface area contributed by atoms with E-state index in [0.717, 1.165) is 22.2 Å². The van der Waals surface area contributed by atoms with Crippen LogP contribution >= 0.6 is 22.6 Å². The zero-order chi connectivity index (χ0) is 12.1. The third kappa shape index (κ3) is 3.66. The average Bonchev–Trinajstić information content (AvgIpc) is 2.33. The van der Waals surface area contributed by atoms with Crippen molar-refractivity contribution in [3.05, 3.63) is 57.7 Å². The van der Waals surface area contributed by atoms with E-state index in [9.17, 15) is 4.39 Å². The SMILES string of the molecule is Fc1ccc(NCCc2ccncc2)c(I)c1. The number of hydrogen-bond donors (Lipinski definition) is 1. The summed E-state index contributed by atoms with van der Waals surface area (Å²) in [4.78, 5) is 3.97. The molecule has 0 bridgehead atoms. The van der Waals surface area contributed by atoms with Crippen molar-refractivity contribution in [3.63, 3.8) is 0 Å². The van der Waals surface area contributed by atoms with Crippen molar-refractivity contribution in [2.75, 3.05) is 11.9 Å². The number of aromatic nitrogens is 1. The van der Waals surface area contributed by atoms with Crippen molar-refractivity contribution in [2.45, 2.75) is 6.42 Å². The minimum Gasteiger partial charge on any atom is -0.384 e. The van der Waals surface area contributed by atoms with Crippen LogP contribution in [0.1, 0.15) is 5.56 Å². The number of hydrogen-bond acceptors (Lipinski definition) is 2. The molecular formula is C13H12FIN2. The van der Waals surface area contributed by atoms with Crippen LogP contribution in [-0.2, 0) is 6.42 Å². The molecule has 0 spiro atoms. The van der Waals surface area contributed by atoms with E-state index in [0.29, 0.717) is 0 Å². The van der Waals surface area contributed by atoms with Crippen molar-refractivity contribution in [2.24, 2.45) is 0 Å². The van der Waals surface area contributed by atoms with Gasteiger partial charge in [0, 0.05) is 28.2 Å². The molecule has 0 aliphatic rings. The largest absolute Gasteiger partial charge is 0.384 e. The molecular weight excluding hydrogens is 330 g/mol. The first kappa shape index (κ1) is 12.3. The number of anilines is 1. The highest BCUT2D eigenvalue weighted by atomic mass is 127. The fourth-order valence-corrected chi connectivity index (χ4v) is 2.19. The van der Waals surface area contributed by atoms with Crippen molar-refractivity contribution >= 4 is 28.3 Å². The molecule has 2 rings (SSSR count). The van der Waals surface area contributed by atoms with Gasteiger partial charge in [-0.25, -0.2) is 4.39 Å². The van der Waals surface area contributed by atoms with Gasteiger partial charge >= 0.3 is 0 Å². The van der Waals surface area contributed by atoms with E-state index in [4.69, 9.17) is 0 Å². The van der Waals surface area contributed by atoms with Gasteiger partial charge in [-0.2, -0.15) is 0 Å². The summed E-state index contributed by atoms with van der Waals surface area (Å²) in [5, 5.41) is 3.29. The highest BCUT2D eigenvalue weighted by Gasteiger charge is 2.00. The van der Waals surface area contributed by atoms with Crippen LogP contribution in [0.2, 0.25) is 0 Å². The number of halogens is 2. The first-order chi connectivity index (χ1) is 8.25. The van der Waals surface area contributed by atoms with Gasteiger partial charge in [-0.15, -0.1) is 0 Å². The van der Waals surface area contributed by atoms with Crippen LogP contribution < -0.4 is 5.32 Å². The molecule has 1 aromatic carbocycles. The Hall–Kier alpha value is -1.17. The topological polar surface area (TPSA) is 24.9 Å². The summed E-state index contributed by atoms with van der Waals surface area (Å²) >= 11 is 2.13. The van der Waals surface area contributed by atoms with Crippen LogP contribution in [0.15, 0.2) is 42.7 Å². The predicted molar refractivity (Wildman–Crippen MR) is 75.5 cm³/mol. The van der Waals surface area contributed by atoms with Crippen LogP contribution in [0.5, 0.6) is 0 Å². The van der Waals surface area contributed by atoms with Gasteiger partial charge in [-0.3, -0.25) is 4.98 Å². The van der Waals surface area contributed by atoms with Crippen LogP contribution in [0.3, 0.4) is 0 Å². The van der Waals surface area contributed by atoms with Crippen LogP contribution in [0, 0.1) is 9.39 Å². The highest BCUT2D eigenvalue weighted by molar-refractivity contribution is 14.1. The minimum absolute atomic E-state index is 0.200. The third-order valence-corrected chi connectivity index (χ3v) is 3.30. The van der Waals surface area contributed by atoms with Gasteiger partial charge in [0.05, 0.1) is 0 Å². The quantitative estimate of drug-likeness (QED) is 0.861. The molecule has 0 saturated heterocycles. The highest BCUT2D eigenvalue weighted by Crippen LogP contribution is 2.18. The smallest absolute Gasteiger partial charge is 0.124 e. The summed E-state index contributed by atoms with van der Waals surface area (Å²) < 4.78 is 13.8. The zero-order valence-electron chi connectivity index (χ0n) is 9.16. The van der Waals surface area contributed by atoms with Gasteiger partial charge in [-0.05, 0) is 64.9 Å². The second kappa shape index (κ2) is 5.95. The van der Waals surface area contributed by atoms with E-state index in [1.807, 2.05) is 12.1 Å². The summed E-state index contributed by atoms with van der Waals surface area (Å²) in [6.45, 7) is 0.825. The lowest BCUT2D eigenvalue weighted by atomic mass is 10.2. The molecule has 0 aliphatic carbocycles. The van der Waals surface area contributed by atoms with E-state index in [2.05, 4.69) is 32.9 Å². The van der Waals surface area contributed by atoms with E-state index < -0.39 is 0 Å². The number of rotatable bonds is 4. The Kier molecular flexibility index (Phi) is 4.30. The van der Waals surface area contributed by atoms with Crippen molar-refractivity contribution < 1.29 is 4.39 Å². The Balaban J connectivity index is 1.90. The Morgan fingerprint density at radius 1 is 1.18 bits per heavy atom. The Labute approximate surface area is 113 Å². The number of benzene rings is 1. The van der Waals surface area contributed by atoms with E-state index >= 15 is 0 Å². The van der Waals surface area contributed by atoms with Gasteiger partial charge in [0.2, 0.25) is 0 Å². The molecule has 4 heteroatoms. The van der Waals surface area contributed by atoms with E-state index in [1.165, 1.54) is 17.7 Å². The molecule has 1 heterocycles. The number of pyridine rings is 1. The van der Waals surface area contributed by atoms with Gasteiger partial charge in [0.25, 0.3) is 0 Å². The van der Waals surface area contributed by atoms with Gasteiger partial charge in [0.1, 0.15) is 5.82 Å². The van der Waals surface area contributed by atoms with E-state index in [1.54, 1.807) is 18.5 Å². The molecule has 0 amide bonds. The molecule has 2 aromatic rings. The first-order valence-electron chi connectivity index (χ1n) is 5.33. The second-order valence-corrected chi connectivity index (χ2v) is 4.82. The molecule has 0 unspecified atom stereocenters. The summed E-state index contributed by atoms with van der Waals surface area (Å²) in [7, 11) is 0. The maximum atomic E-state index is 12.9. The molecule has 2 nitrogen and oxygen atoms in total. The molecule has 88 valence electrons. The Morgan fingerprint density at radius 2 is 1.94 bits per heavy atom. The Bertz CT molecular complexity index is 488. The molecule has 1 N–H and O–H groups in total. The van der Waals surface area contributed by atoms with Crippen LogP contribution in [0.4, 0.5) is 10.1 Å². The lowest BCUT2D eigenvalue weighted by Gasteiger charge is -2.08. The first-order valence-corrected chi connectivity index (χ1v) is 6.41. The number of nitrogens with one attached hydrogen (secondary N) is 1. The standard InChI is InChI=1S/C13H12FIN2/c14-11-1-2-13(12(15)9-11)17-8-5-10-3-6-16-7-4-10/h1-4,6-7,9,17H,5,8H2.